The molecule has 0 heterocycles. The molecule has 0 aliphatic carbocycles. The standard InChI is InChI=1S/C4H9NO3/c1-3(7)4(2-6)5-8/h2-5,7-8H,1H3/t3-,4-/m1/s1. The van der Waals surface area contributed by atoms with E-state index in [0.717, 1.165) is 0 Å². The number of rotatable bonds is 3. The lowest BCUT2D eigenvalue weighted by Crippen LogP contribution is -2.37. The van der Waals surface area contributed by atoms with Crippen LogP contribution in [0.4, 0.5) is 0 Å². The van der Waals surface area contributed by atoms with Crippen LogP contribution in [0.1, 0.15) is 6.92 Å². The van der Waals surface area contributed by atoms with Gasteiger partial charge in [0, 0.05) is 0 Å². The summed E-state index contributed by atoms with van der Waals surface area (Å²) in [7, 11) is 0. The molecule has 0 aromatic heterocycles. The van der Waals surface area contributed by atoms with Gasteiger partial charge in [0.05, 0.1) is 6.10 Å². The average Bonchev–Trinajstić information content (AvgIpc) is 1.69. The molecule has 0 unspecified atom stereocenters. The fourth-order valence-electron chi connectivity index (χ4n) is 0.252. The molecule has 0 bridgehead atoms. The highest BCUT2D eigenvalue weighted by Gasteiger charge is 2.10. The minimum Gasteiger partial charge on any atom is -0.391 e. The van der Waals surface area contributed by atoms with Gasteiger partial charge in [-0.3, -0.25) is 0 Å². The zero-order valence-electron chi connectivity index (χ0n) is 4.53. The summed E-state index contributed by atoms with van der Waals surface area (Å²) in [5.41, 5.74) is 1.63. The smallest absolute Gasteiger partial charge is 0.141 e. The third-order valence-corrected chi connectivity index (χ3v) is 0.815. The molecule has 0 rings (SSSR count). The van der Waals surface area contributed by atoms with Crippen LogP contribution in [0.15, 0.2) is 0 Å². The number of hydrogen-bond donors (Lipinski definition) is 3. The van der Waals surface area contributed by atoms with E-state index in [1.54, 1.807) is 5.48 Å². The Morgan fingerprint density at radius 1 is 1.75 bits per heavy atom. The quantitative estimate of drug-likeness (QED) is 0.326. The van der Waals surface area contributed by atoms with E-state index in [4.69, 9.17) is 10.3 Å². The van der Waals surface area contributed by atoms with E-state index in [9.17, 15) is 4.79 Å². The van der Waals surface area contributed by atoms with Gasteiger partial charge in [-0.25, -0.2) is 0 Å². The molecule has 48 valence electrons. The molecule has 4 heteroatoms. The van der Waals surface area contributed by atoms with Crippen molar-refractivity contribution in [2.75, 3.05) is 0 Å². The second-order valence-electron chi connectivity index (χ2n) is 1.53. The molecule has 0 aliphatic rings. The zero-order chi connectivity index (χ0) is 6.57. The maximum absolute atomic E-state index is 9.80. The molecule has 0 aromatic rings. The Kier molecular flexibility index (Phi) is 3.34. The van der Waals surface area contributed by atoms with Crippen LogP contribution in [0.3, 0.4) is 0 Å². The lowest BCUT2D eigenvalue weighted by Gasteiger charge is -2.08. The molecule has 0 aromatic carbocycles. The van der Waals surface area contributed by atoms with Crippen LogP contribution >= 0.6 is 0 Å². The molecule has 0 amide bonds. The predicted octanol–water partition coefficient (Wildman–Crippen LogP) is -1.09. The Morgan fingerprint density at radius 3 is 2.25 bits per heavy atom. The fourth-order valence-corrected chi connectivity index (χ4v) is 0.252. The van der Waals surface area contributed by atoms with Crippen molar-refractivity contribution in [1.29, 1.82) is 0 Å². The third-order valence-electron chi connectivity index (χ3n) is 0.815. The fraction of sp³-hybridized carbons (Fsp3) is 0.750. The van der Waals surface area contributed by atoms with Gasteiger partial charge in [-0.05, 0) is 6.92 Å². The van der Waals surface area contributed by atoms with Gasteiger partial charge in [0.25, 0.3) is 0 Å². The van der Waals surface area contributed by atoms with Crippen LogP contribution in [0.25, 0.3) is 0 Å². The third kappa shape index (κ3) is 2.02. The maximum atomic E-state index is 9.80. The molecule has 0 saturated carbocycles. The van der Waals surface area contributed by atoms with Gasteiger partial charge in [0.15, 0.2) is 0 Å². The van der Waals surface area contributed by atoms with E-state index in [2.05, 4.69) is 0 Å². The van der Waals surface area contributed by atoms with E-state index in [1.807, 2.05) is 0 Å². The summed E-state index contributed by atoms with van der Waals surface area (Å²) in [4.78, 5) is 9.80. The van der Waals surface area contributed by atoms with Gasteiger partial charge in [0.2, 0.25) is 0 Å². The summed E-state index contributed by atoms with van der Waals surface area (Å²) in [5, 5.41) is 16.6. The van der Waals surface area contributed by atoms with Gasteiger partial charge in [-0.15, -0.1) is 0 Å². The minimum absolute atomic E-state index is 0.435. The molecule has 3 N–H and O–H groups in total. The first-order valence-corrected chi connectivity index (χ1v) is 2.25. The van der Waals surface area contributed by atoms with Crippen molar-refractivity contribution in [2.45, 2.75) is 19.1 Å². The van der Waals surface area contributed by atoms with Crippen molar-refractivity contribution in [3.05, 3.63) is 0 Å². The van der Waals surface area contributed by atoms with Crippen molar-refractivity contribution >= 4 is 6.29 Å². The number of carbonyl (C=O) groups excluding carboxylic acids is 1. The minimum atomic E-state index is -0.866. The van der Waals surface area contributed by atoms with Crippen molar-refractivity contribution in [1.82, 2.24) is 5.48 Å². The van der Waals surface area contributed by atoms with Crippen molar-refractivity contribution in [3.8, 4) is 0 Å². The molecule has 8 heavy (non-hydrogen) atoms. The largest absolute Gasteiger partial charge is 0.391 e. The Bertz CT molecular complexity index is 73.7. The summed E-state index contributed by atoms with van der Waals surface area (Å²) in [6.45, 7) is 1.41. The Hall–Kier alpha value is -0.450. The molecule has 4 nitrogen and oxygen atoms in total. The first-order valence-electron chi connectivity index (χ1n) is 2.25. The normalized spacial score (nSPS) is 17.4. The lowest BCUT2D eigenvalue weighted by atomic mass is 10.2. The SMILES string of the molecule is C[C@@H](O)[C@@H](C=O)NO. The van der Waals surface area contributed by atoms with Gasteiger partial charge in [-0.2, -0.15) is 5.48 Å². The first kappa shape index (κ1) is 7.55. The van der Waals surface area contributed by atoms with Crippen LogP contribution in [-0.2, 0) is 4.79 Å². The van der Waals surface area contributed by atoms with Crippen LogP contribution in [0.5, 0.6) is 0 Å². The molecule has 0 fully saturated rings. The van der Waals surface area contributed by atoms with Crippen LogP contribution in [-0.4, -0.2) is 28.7 Å². The number of hydrogen-bond acceptors (Lipinski definition) is 4. The number of aldehydes is 1. The van der Waals surface area contributed by atoms with Crippen LogP contribution in [0, 0.1) is 0 Å². The highest BCUT2D eigenvalue weighted by molar-refractivity contribution is 5.57. The zero-order valence-corrected chi connectivity index (χ0v) is 4.53. The monoisotopic (exact) mass is 119 g/mol. The van der Waals surface area contributed by atoms with E-state index >= 15 is 0 Å². The second-order valence-corrected chi connectivity index (χ2v) is 1.53. The molecular weight excluding hydrogens is 110 g/mol. The molecule has 0 radical (unpaired) electrons. The summed E-state index contributed by atoms with van der Waals surface area (Å²) < 4.78 is 0. The predicted molar refractivity (Wildman–Crippen MR) is 26.5 cm³/mol. The Labute approximate surface area is 47.1 Å². The van der Waals surface area contributed by atoms with Gasteiger partial charge in [-0.1, -0.05) is 0 Å². The molecule has 0 saturated heterocycles. The number of hydroxylamine groups is 1. The highest BCUT2D eigenvalue weighted by Crippen LogP contribution is 1.84. The molecule has 2 atom stereocenters. The highest BCUT2D eigenvalue weighted by atomic mass is 16.5. The Balaban J connectivity index is 3.51. The van der Waals surface area contributed by atoms with Gasteiger partial charge >= 0.3 is 0 Å². The summed E-state index contributed by atoms with van der Waals surface area (Å²) >= 11 is 0. The topological polar surface area (TPSA) is 69.6 Å². The summed E-state index contributed by atoms with van der Waals surface area (Å²) in [6.07, 6.45) is -0.414. The van der Waals surface area contributed by atoms with Crippen LogP contribution < -0.4 is 5.48 Å². The second kappa shape index (κ2) is 3.54. The first-order chi connectivity index (χ1) is 3.72. The molecular formula is C4H9NO3. The number of nitrogens with one attached hydrogen (secondary N) is 1. The summed E-state index contributed by atoms with van der Waals surface area (Å²) in [5.74, 6) is 0. The van der Waals surface area contributed by atoms with E-state index in [0.29, 0.717) is 6.29 Å². The molecule has 0 spiro atoms. The average molecular weight is 119 g/mol. The summed E-state index contributed by atoms with van der Waals surface area (Å²) in [6, 6.07) is -0.866. The maximum Gasteiger partial charge on any atom is 0.141 e. The Morgan fingerprint density at radius 2 is 2.25 bits per heavy atom. The van der Waals surface area contributed by atoms with Crippen molar-refractivity contribution < 1.29 is 15.1 Å². The van der Waals surface area contributed by atoms with Gasteiger partial charge in [0.1, 0.15) is 12.3 Å². The van der Waals surface area contributed by atoms with E-state index in [-0.39, 0.29) is 0 Å². The van der Waals surface area contributed by atoms with Crippen LogP contribution in [0.2, 0.25) is 0 Å². The van der Waals surface area contributed by atoms with Crippen molar-refractivity contribution in [3.63, 3.8) is 0 Å². The van der Waals surface area contributed by atoms with E-state index < -0.39 is 12.1 Å². The number of carbonyl (C=O) groups is 1. The van der Waals surface area contributed by atoms with E-state index in [1.165, 1.54) is 6.92 Å². The van der Waals surface area contributed by atoms with Gasteiger partial charge < -0.3 is 15.1 Å². The number of aliphatic hydroxyl groups is 1. The lowest BCUT2D eigenvalue weighted by molar-refractivity contribution is -0.114. The molecule has 0 aliphatic heterocycles. The number of aliphatic hydroxyl groups excluding tert-OH is 1. The van der Waals surface area contributed by atoms with Crippen molar-refractivity contribution in [2.24, 2.45) is 0 Å².